The second-order valence-electron chi connectivity index (χ2n) is 7.40. The first kappa shape index (κ1) is 60.2. The fraction of sp³-hybridized carbons (Fsp3) is 0.656. The molecule has 11 heteroatoms. The zero-order valence-corrected chi connectivity index (χ0v) is 29.4. The van der Waals surface area contributed by atoms with Gasteiger partial charge in [0.25, 0.3) is 0 Å². The molecule has 0 heterocycles. The Balaban J connectivity index is -0.0000000564. The predicted molar refractivity (Wildman–Crippen MR) is 193 cm³/mol. The highest BCUT2D eigenvalue weighted by molar-refractivity contribution is 7.99. The summed E-state index contributed by atoms with van der Waals surface area (Å²) in [4.78, 5) is 12.1. The van der Waals surface area contributed by atoms with Crippen molar-refractivity contribution in [3.63, 3.8) is 0 Å². The Morgan fingerprint density at radius 1 is 1.12 bits per heavy atom. The molecule has 0 aliphatic rings. The number of allylic oxidation sites excluding steroid dienone is 4. The average molecular weight is 642 g/mol. The molecule has 1 unspecified atom stereocenters. The molecule has 43 heavy (non-hydrogen) atoms. The highest BCUT2D eigenvalue weighted by atomic mass is 32.2. The number of aldehydes is 1. The molecule has 260 valence electrons. The molecule has 0 aromatic heterocycles. The minimum Gasteiger partial charge on any atom is -0.380 e. The van der Waals surface area contributed by atoms with E-state index in [0.29, 0.717) is 32.3 Å². The van der Waals surface area contributed by atoms with E-state index >= 15 is 0 Å². The number of aliphatic hydroxyl groups is 1. The van der Waals surface area contributed by atoms with Crippen LogP contribution in [0.25, 0.3) is 0 Å². The van der Waals surface area contributed by atoms with Gasteiger partial charge in [0.05, 0.1) is 12.9 Å². The number of nitrogens with zero attached hydrogens (tertiary/aromatic N) is 1. The van der Waals surface area contributed by atoms with Crippen LogP contribution in [0.2, 0.25) is 0 Å². The van der Waals surface area contributed by atoms with Crippen LogP contribution in [0.4, 0.5) is 8.78 Å². The van der Waals surface area contributed by atoms with E-state index in [1.807, 2.05) is 31.8 Å². The SMILES string of the molecule is C/C=C/CSCNC.C/C=C/F.C=CCC.C=CCF.C=NC.CC=O.CCCCCOCCN.N=CCCCC(N)O. The van der Waals surface area contributed by atoms with E-state index in [0.717, 1.165) is 37.4 Å². The molecule has 0 spiro atoms. The van der Waals surface area contributed by atoms with Gasteiger partial charge >= 0.3 is 0 Å². The van der Waals surface area contributed by atoms with Crippen LogP contribution in [-0.2, 0) is 9.53 Å². The van der Waals surface area contributed by atoms with Gasteiger partial charge in [-0.15, -0.1) is 24.9 Å². The molecule has 0 rings (SSSR count). The zero-order valence-electron chi connectivity index (χ0n) is 28.5. The number of rotatable bonds is 16. The van der Waals surface area contributed by atoms with Crippen molar-refractivity contribution < 1.29 is 23.4 Å². The Morgan fingerprint density at radius 3 is 1.88 bits per heavy atom. The number of hydrogen-bond acceptors (Lipinski definition) is 9. The van der Waals surface area contributed by atoms with E-state index in [1.165, 1.54) is 44.6 Å². The van der Waals surface area contributed by atoms with Crippen molar-refractivity contribution in [3.8, 4) is 0 Å². The van der Waals surface area contributed by atoms with Crippen LogP contribution in [0.5, 0.6) is 0 Å². The summed E-state index contributed by atoms with van der Waals surface area (Å²) in [7, 11) is 3.60. The lowest BCUT2D eigenvalue weighted by Gasteiger charge is -1.99. The van der Waals surface area contributed by atoms with Gasteiger partial charge in [-0.1, -0.05) is 57.1 Å². The second kappa shape index (κ2) is 90.0. The van der Waals surface area contributed by atoms with Crippen molar-refractivity contribution in [2.75, 3.05) is 52.2 Å². The summed E-state index contributed by atoms with van der Waals surface area (Å²) < 4.78 is 26.3. The van der Waals surface area contributed by atoms with Gasteiger partial charge in [-0.2, -0.15) is 0 Å². The summed E-state index contributed by atoms with van der Waals surface area (Å²) in [6.45, 7) is 20.9. The first-order chi connectivity index (χ1) is 20.7. The number of halogens is 2. The third-order valence-electron chi connectivity index (χ3n) is 3.22. The quantitative estimate of drug-likeness (QED) is 0.0387. The Hall–Kier alpha value is -2.02. The standard InChI is InChI=1S/C7H17NO.C6H13NS.C5H12N2O.C4H8.2C3H5F.C2H5N.C2H4O/c1-2-3-4-6-9-7-5-8;1-3-4-5-8-6-7-2;6-4-2-1-3-5(7)8;1-3-4-2;2*1-2-3-4;1-3-2;1-2-3/h2-8H2,1H3;3-4,7H,5-6H2,1-2H3;4-6,8H,1-3,7H2;3H,1,4H2,2H3;2-3H,1H3;2H,1,3H2;1H2,2H3;2H,1H3/b;4-3+;;;3-2+;;;. The number of aliphatic hydroxyl groups excluding tert-OH is 1. The van der Waals surface area contributed by atoms with Crippen molar-refractivity contribution in [1.82, 2.24) is 5.32 Å². The summed E-state index contributed by atoms with van der Waals surface area (Å²) in [6, 6.07) is 0. The predicted octanol–water partition coefficient (Wildman–Crippen LogP) is 7.44. The van der Waals surface area contributed by atoms with Crippen LogP contribution >= 0.6 is 11.8 Å². The van der Waals surface area contributed by atoms with Crippen LogP contribution in [0, 0.1) is 5.41 Å². The molecule has 0 fully saturated rings. The van der Waals surface area contributed by atoms with Gasteiger partial charge < -0.3 is 41.8 Å². The highest BCUT2D eigenvalue weighted by Crippen LogP contribution is 1.95. The number of ether oxygens (including phenoxy) is 1. The van der Waals surface area contributed by atoms with E-state index < -0.39 is 12.9 Å². The number of carbonyl (C=O) groups is 1. The van der Waals surface area contributed by atoms with Gasteiger partial charge in [0.1, 0.15) is 19.2 Å². The Morgan fingerprint density at radius 2 is 1.60 bits per heavy atom. The van der Waals surface area contributed by atoms with E-state index in [9.17, 15) is 8.78 Å². The van der Waals surface area contributed by atoms with Crippen LogP contribution in [0.15, 0.2) is 54.9 Å². The summed E-state index contributed by atoms with van der Waals surface area (Å²) in [5, 5.41) is 18.1. The molecule has 7 N–H and O–H groups in total. The lowest BCUT2D eigenvalue weighted by atomic mass is 10.2. The van der Waals surface area contributed by atoms with Crippen LogP contribution in [-0.4, -0.2) is 82.7 Å². The van der Waals surface area contributed by atoms with Crippen molar-refractivity contribution in [2.24, 2.45) is 16.5 Å². The molecule has 1 atom stereocenters. The summed E-state index contributed by atoms with van der Waals surface area (Å²) in [6.07, 6.45) is 17.4. The summed E-state index contributed by atoms with van der Waals surface area (Å²) >= 11 is 1.88. The molecule has 0 bridgehead atoms. The average Bonchev–Trinajstić information content (AvgIpc) is 3.01. The molecule has 0 saturated carbocycles. The number of carbonyl (C=O) groups excluding carboxylic acids is 1. The molecule has 0 saturated heterocycles. The van der Waals surface area contributed by atoms with Gasteiger partial charge in [-0.3, -0.25) is 0 Å². The highest BCUT2D eigenvalue weighted by Gasteiger charge is 1.91. The number of nitrogens with one attached hydrogen (secondary N) is 2. The number of nitrogens with two attached hydrogens (primary N) is 2. The van der Waals surface area contributed by atoms with Gasteiger partial charge in [-0.05, 0) is 72.9 Å². The van der Waals surface area contributed by atoms with E-state index in [2.05, 4.69) is 56.2 Å². The molecule has 8 nitrogen and oxygen atoms in total. The first-order valence-electron chi connectivity index (χ1n) is 14.5. The number of aliphatic imine (C=N–C) groups is 1. The largest absolute Gasteiger partial charge is 0.380 e. The minimum atomic E-state index is -0.699. The van der Waals surface area contributed by atoms with Crippen molar-refractivity contribution in [2.45, 2.75) is 85.8 Å². The summed E-state index contributed by atoms with van der Waals surface area (Å²) in [5.41, 5.74) is 10.2. The maximum absolute atomic E-state index is 10.6. The third-order valence-corrected chi connectivity index (χ3v) is 4.14. The van der Waals surface area contributed by atoms with E-state index in [-0.39, 0.29) is 0 Å². The molecule has 0 aliphatic carbocycles. The summed E-state index contributed by atoms with van der Waals surface area (Å²) in [5.74, 6) is 2.17. The normalized spacial score (nSPS) is 9.21. The fourth-order valence-corrected chi connectivity index (χ4v) is 2.04. The Kier molecular flexibility index (Phi) is 126. The molecular formula is C32H69F2N5O3S. The van der Waals surface area contributed by atoms with Gasteiger partial charge in [0, 0.05) is 31.8 Å². The topological polar surface area (TPSA) is 147 Å². The first-order valence-corrected chi connectivity index (χ1v) is 15.6. The smallest absolute Gasteiger partial charge is 0.116 e. The second-order valence-corrected chi connectivity index (χ2v) is 8.43. The number of unbranched alkanes of at least 4 members (excludes halogenated alkanes) is 3. The number of alkyl halides is 1. The Labute approximate surface area is 269 Å². The zero-order chi connectivity index (χ0) is 35.3. The third kappa shape index (κ3) is 200. The van der Waals surface area contributed by atoms with Crippen molar-refractivity contribution >= 4 is 31.0 Å². The number of thioether (sulfide) groups is 1. The minimum absolute atomic E-state index is 0.417. The van der Waals surface area contributed by atoms with Crippen LogP contribution in [0.1, 0.15) is 79.6 Å². The number of hydrogen-bond donors (Lipinski definition) is 5. The lowest BCUT2D eigenvalue weighted by Crippen LogP contribution is -2.17. The Bertz CT molecular complexity index is 491. The molecule has 0 aromatic rings. The molecular weight excluding hydrogens is 572 g/mol. The maximum Gasteiger partial charge on any atom is 0.116 e. The van der Waals surface area contributed by atoms with Crippen molar-refractivity contribution in [1.29, 1.82) is 5.41 Å². The van der Waals surface area contributed by atoms with E-state index in [1.54, 1.807) is 14.0 Å². The lowest BCUT2D eigenvalue weighted by molar-refractivity contribution is -0.106. The van der Waals surface area contributed by atoms with Gasteiger partial charge in [0.15, 0.2) is 0 Å². The van der Waals surface area contributed by atoms with Crippen molar-refractivity contribution in [3.05, 3.63) is 49.9 Å². The molecule has 0 aliphatic heterocycles. The van der Waals surface area contributed by atoms with Gasteiger partial charge in [-0.25, -0.2) is 8.78 Å². The van der Waals surface area contributed by atoms with Crippen LogP contribution in [0.3, 0.4) is 0 Å². The molecule has 0 radical (unpaired) electrons. The van der Waals surface area contributed by atoms with Gasteiger partial charge in [0.2, 0.25) is 0 Å². The fourth-order valence-electron chi connectivity index (χ4n) is 1.39. The van der Waals surface area contributed by atoms with Crippen LogP contribution < -0.4 is 16.8 Å². The maximum atomic E-state index is 10.6. The molecule has 0 aromatic carbocycles. The monoisotopic (exact) mass is 642 g/mol. The van der Waals surface area contributed by atoms with E-state index in [4.69, 9.17) is 31.5 Å². The molecule has 0 amide bonds.